The van der Waals surface area contributed by atoms with E-state index in [0.717, 1.165) is 10.3 Å². The topological polar surface area (TPSA) is 81.5 Å². The highest BCUT2D eigenvalue weighted by Crippen LogP contribution is 2.27. The Balaban J connectivity index is 2.32. The fraction of sp³-hybridized carbons (Fsp3) is 0.0769. The molecule has 0 aliphatic carbocycles. The molecule has 0 aliphatic heterocycles. The van der Waals surface area contributed by atoms with Gasteiger partial charge in [0.2, 0.25) is 0 Å². The highest BCUT2D eigenvalue weighted by molar-refractivity contribution is 7.19. The first kappa shape index (κ1) is 12.3. The molecule has 0 bridgehead atoms. The van der Waals surface area contributed by atoms with Crippen molar-refractivity contribution in [2.75, 3.05) is 0 Å². The van der Waals surface area contributed by atoms with Crippen LogP contribution in [-0.2, 0) is 4.79 Å². The standard InChI is InChI=1S/C13H13N3OS/c1-8(12(17)16-13(14)15)6-10-7-9-4-2-3-5-11(9)18-10/h2-7H,1H3,(H4,14,15,16,17)/b8-6+. The van der Waals surface area contributed by atoms with Crippen LogP contribution in [0, 0.1) is 0 Å². The second kappa shape index (κ2) is 5.01. The summed E-state index contributed by atoms with van der Waals surface area (Å²) in [7, 11) is 0. The SMILES string of the molecule is C/C(=C\c1cc2ccccc2s1)C(=O)N=C(N)N. The molecule has 0 fully saturated rings. The number of aliphatic imine (C=N–C) groups is 1. The first-order valence-corrected chi connectivity index (χ1v) is 6.19. The smallest absolute Gasteiger partial charge is 0.275 e. The van der Waals surface area contributed by atoms with Crippen molar-refractivity contribution in [1.82, 2.24) is 0 Å². The Morgan fingerprint density at radius 3 is 2.72 bits per heavy atom. The van der Waals surface area contributed by atoms with Crippen LogP contribution in [0.4, 0.5) is 0 Å². The third kappa shape index (κ3) is 2.75. The molecule has 1 aromatic carbocycles. The number of hydrogen-bond donors (Lipinski definition) is 2. The van der Waals surface area contributed by atoms with E-state index < -0.39 is 5.91 Å². The van der Waals surface area contributed by atoms with Crippen LogP contribution in [0.15, 0.2) is 40.9 Å². The number of amides is 1. The summed E-state index contributed by atoms with van der Waals surface area (Å²) < 4.78 is 1.19. The largest absolute Gasteiger partial charge is 0.370 e. The van der Waals surface area contributed by atoms with Crippen molar-refractivity contribution in [3.63, 3.8) is 0 Å². The number of rotatable bonds is 2. The zero-order chi connectivity index (χ0) is 13.1. The van der Waals surface area contributed by atoms with Crippen LogP contribution >= 0.6 is 11.3 Å². The van der Waals surface area contributed by atoms with E-state index in [2.05, 4.69) is 4.99 Å². The zero-order valence-electron chi connectivity index (χ0n) is 9.88. The summed E-state index contributed by atoms with van der Waals surface area (Å²) in [4.78, 5) is 16.1. The maximum Gasteiger partial charge on any atom is 0.275 e. The monoisotopic (exact) mass is 259 g/mol. The molecule has 0 saturated heterocycles. The number of nitrogens with two attached hydrogens (primary N) is 2. The Hall–Kier alpha value is -2.14. The van der Waals surface area contributed by atoms with Crippen LogP contribution in [0.3, 0.4) is 0 Å². The highest BCUT2D eigenvalue weighted by atomic mass is 32.1. The van der Waals surface area contributed by atoms with E-state index in [1.165, 1.54) is 4.70 Å². The maximum atomic E-state index is 11.6. The van der Waals surface area contributed by atoms with Crippen LogP contribution in [0.1, 0.15) is 11.8 Å². The van der Waals surface area contributed by atoms with Gasteiger partial charge < -0.3 is 11.5 Å². The fourth-order valence-corrected chi connectivity index (χ4v) is 2.62. The number of nitrogens with zero attached hydrogens (tertiary/aromatic N) is 1. The van der Waals surface area contributed by atoms with Gasteiger partial charge >= 0.3 is 0 Å². The average molecular weight is 259 g/mol. The molecule has 2 aromatic rings. The van der Waals surface area contributed by atoms with Gasteiger partial charge in [0.15, 0.2) is 5.96 Å². The number of fused-ring (bicyclic) bond motifs is 1. The molecule has 1 heterocycles. The highest BCUT2D eigenvalue weighted by Gasteiger charge is 2.05. The molecule has 0 saturated carbocycles. The van der Waals surface area contributed by atoms with Gasteiger partial charge in [0.05, 0.1) is 0 Å². The Labute approximate surface area is 109 Å². The number of thiophene rings is 1. The van der Waals surface area contributed by atoms with E-state index >= 15 is 0 Å². The third-order valence-corrected chi connectivity index (χ3v) is 3.43. The lowest BCUT2D eigenvalue weighted by molar-refractivity contribution is -0.114. The molecule has 4 nitrogen and oxygen atoms in total. The van der Waals surface area contributed by atoms with Gasteiger partial charge in [-0.1, -0.05) is 18.2 Å². The number of carbonyl (C=O) groups is 1. The van der Waals surface area contributed by atoms with Crippen molar-refractivity contribution in [2.45, 2.75) is 6.92 Å². The van der Waals surface area contributed by atoms with Crippen molar-refractivity contribution >= 4 is 39.4 Å². The van der Waals surface area contributed by atoms with Gasteiger partial charge in [0.1, 0.15) is 0 Å². The molecule has 0 unspecified atom stereocenters. The van der Waals surface area contributed by atoms with Gasteiger partial charge in [0, 0.05) is 15.2 Å². The molecule has 0 spiro atoms. The zero-order valence-corrected chi connectivity index (χ0v) is 10.7. The summed E-state index contributed by atoms with van der Waals surface area (Å²) in [5, 5.41) is 1.16. The quantitative estimate of drug-likeness (QED) is 0.492. The van der Waals surface area contributed by atoms with Gasteiger partial charge in [-0.3, -0.25) is 4.79 Å². The molecule has 18 heavy (non-hydrogen) atoms. The summed E-state index contributed by atoms with van der Waals surface area (Å²) in [5.74, 6) is -0.628. The fourth-order valence-electron chi connectivity index (χ4n) is 1.55. The van der Waals surface area contributed by atoms with E-state index in [4.69, 9.17) is 11.5 Å². The minimum atomic E-state index is -0.410. The molecule has 2 rings (SSSR count). The maximum absolute atomic E-state index is 11.6. The third-order valence-electron chi connectivity index (χ3n) is 2.37. The lowest BCUT2D eigenvalue weighted by atomic mass is 10.2. The Morgan fingerprint density at radius 1 is 1.33 bits per heavy atom. The van der Waals surface area contributed by atoms with E-state index in [1.54, 1.807) is 24.3 Å². The normalized spacial score (nSPS) is 11.5. The summed E-state index contributed by atoms with van der Waals surface area (Å²) in [6.45, 7) is 1.69. The molecule has 0 aliphatic rings. The number of carbonyl (C=O) groups excluding carboxylic acids is 1. The lowest BCUT2D eigenvalue weighted by Gasteiger charge is -1.94. The minimum absolute atomic E-state index is 0.218. The van der Waals surface area contributed by atoms with Crippen molar-refractivity contribution in [1.29, 1.82) is 0 Å². The molecule has 5 heteroatoms. The average Bonchev–Trinajstić information content (AvgIpc) is 2.69. The van der Waals surface area contributed by atoms with Crippen molar-refractivity contribution < 1.29 is 4.79 Å². The van der Waals surface area contributed by atoms with Gasteiger partial charge in [-0.05, 0) is 30.5 Å². The van der Waals surface area contributed by atoms with Gasteiger partial charge in [-0.25, -0.2) is 0 Å². The van der Waals surface area contributed by atoms with Crippen molar-refractivity contribution in [2.24, 2.45) is 16.5 Å². The molecule has 4 N–H and O–H groups in total. The predicted molar refractivity (Wildman–Crippen MR) is 76.3 cm³/mol. The first-order valence-electron chi connectivity index (χ1n) is 5.37. The molecule has 1 aromatic heterocycles. The van der Waals surface area contributed by atoms with E-state index in [9.17, 15) is 4.79 Å². The second-order valence-electron chi connectivity index (χ2n) is 3.86. The number of guanidine groups is 1. The van der Waals surface area contributed by atoms with Crippen LogP contribution in [0.5, 0.6) is 0 Å². The van der Waals surface area contributed by atoms with Crippen LogP contribution < -0.4 is 11.5 Å². The molecule has 92 valence electrons. The van der Waals surface area contributed by atoms with Crippen LogP contribution in [-0.4, -0.2) is 11.9 Å². The van der Waals surface area contributed by atoms with Crippen LogP contribution in [0.25, 0.3) is 16.2 Å². The molecule has 0 atom stereocenters. The first-order chi connectivity index (χ1) is 8.56. The van der Waals surface area contributed by atoms with E-state index in [0.29, 0.717) is 5.57 Å². The van der Waals surface area contributed by atoms with Gasteiger partial charge in [-0.15, -0.1) is 11.3 Å². The second-order valence-corrected chi connectivity index (χ2v) is 4.97. The Kier molecular flexibility index (Phi) is 3.43. The van der Waals surface area contributed by atoms with Gasteiger partial charge in [0.25, 0.3) is 5.91 Å². The van der Waals surface area contributed by atoms with E-state index in [1.807, 2.05) is 30.3 Å². The number of benzene rings is 1. The van der Waals surface area contributed by atoms with Crippen LogP contribution in [0.2, 0.25) is 0 Å². The molecular weight excluding hydrogens is 246 g/mol. The van der Waals surface area contributed by atoms with Crippen molar-refractivity contribution in [3.05, 3.63) is 40.8 Å². The number of hydrogen-bond acceptors (Lipinski definition) is 2. The van der Waals surface area contributed by atoms with E-state index in [-0.39, 0.29) is 5.96 Å². The Morgan fingerprint density at radius 2 is 2.06 bits per heavy atom. The summed E-state index contributed by atoms with van der Waals surface area (Å²) >= 11 is 1.62. The summed E-state index contributed by atoms with van der Waals surface area (Å²) in [5.41, 5.74) is 10.8. The lowest BCUT2D eigenvalue weighted by Crippen LogP contribution is -2.24. The van der Waals surface area contributed by atoms with Gasteiger partial charge in [-0.2, -0.15) is 4.99 Å². The van der Waals surface area contributed by atoms with Crippen molar-refractivity contribution in [3.8, 4) is 0 Å². The predicted octanol–water partition coefficient (Wildman–Crippen LogP) is 2.10. The molecule has 0 radical (unpaired) electrons. The molecular formula is C13H13N3OS. The summed E-state index contributed by atoms with van der Waals surface area (Å²) in [6.07, 6.45) is 1.79. The Bertz CT molecular complexity index is 618. The minimum Gasteiger partial charge on any atom is -0.370 e. The summed E-state index contributed by atoms with van der Waals surface area (Å²) in [6, 6.07) is 10.1. The molecule has 1 amide bonds.